The van der Waals surface area contributed by atoms with E-state index in [4.69, 9.17) is 17.0 Å². The maximum Gasteiger partial charge on any atom is 0.416 e. The number of benzene rings is 2. The Morgan fingerprint density at radius 2 is 1.89 bits per heavy atom. The minimum atomic E-state index is -4.49. The van der Waals surface area contributed by atoms with E-state index in [1.807, 2.05) is 6.92 Å². The molecule has 0 unspecified atom stereocenters. The summed E-state index contributed by atoms with van der Waals surface area (Å²) in [7, 11) is 0. The highest BCUT2D eigenvalue weighted by molar-refractivity contribution is 8.27. The van der Waals surface area contributed by atoms with Gasteiger partial charge in [-0.25, -0.2) is 0 Å². The van der Waals surface area contributed by atoms with E-state index in [-0.39, 0.29) is 10.0 Å². The molecule has 0 aromatic heterocycles. The predicted octanol–water partition coefficient (Wildman–Crippen LogP) is 5.51. The van der Waals surface area contributed by atoms with Crippen molar-refractivity contribution in [3.05, 3.63) is 64.6 Å². The Kier molecular flexibility index (Phi) is 5.57. The molecule has 0 spiro atoms. The summed E-state index contributed by atoms with van der Waals surface area (Å²) in [4.78, 5) is 14.2. The third-order valence-corrected chi connectivity index (χ3v) is 5.02. The van der Waals surface area contributed by atoms with E-state index in [1.165, 1.54) is 12.1 Å². The number of nitrogens with zero attached hydrogens (tertiary/aromatic N) is 1. The first kappa shape index (κ1) is 19.4. The first-order valence-corrected chi connectivity index (χ1v) is 9.20. The summed E-state index contributed by atoms with van der Waals surface area (Å²) in [5.41, 5.74) is 0.0370. The zero-order valence-electron chi connectivity index (χ0n) is 14.1. The SMILES string of the molecule is CCOc1ccc(/C=C2/SC(=S)N(c3cccc(C(F)(F)F)c3)C2=O)cc1. The fourth-order valence-corrected chi connectivity index (χ4v) is 3.79. The minimum Gasteiger partial charge on any atom is -0.494 e. The van der Waals surface area contributed by atoms with Crippen molar-refractivity contribution < 1.29 is 22.7 Å². The molecule has 1 heterocycles. The highest BCUT2D eigenvalue weighted by Crippen LogP contribution is 2.38. The van der Waals surface area contributed by atoms with Crippen LogP contribution in [0, 0.1) is 0 Å². The van der Waals surface area contributed by atoms with Crippen LogP contribution in [0.15, 0.2) is 53.4 Å². The number of carbonyl (C=O) groups is 1. The highest BCUT2D eigenvalue weighted by atomic mass is 32.2. The van der Waals surface area contributed by atoms with Crippen molar-refractivity contribution in [3.63, 3.8) is 0 Å². The maximum absolute atomic E-state index is 12.9. The maximum atomic E-state index is 12.9. The van der Waals surface area contributed by atoms with Crippen molar-refractivity contribution in [1.29, 1.82) is 0 Å². The topological polar surface area (TPSA) is 29.5 Å². The van der Waals surface area contributed by atoms with Crippen LogP contribution >= 0.6 is 24.0 Å². The van der Waals surface area contributed by atoms with E-state index in [9.17, 15) is 18.0 Å². The molecule has 140 valence electrons. The number of ether oxygens (including phenoxy) is 1. The molecule has 27 heavy (non-hydrogen) atoms. The zero-order chi connectivity index (χ0) is 19.6. The number of thioether (sulfide) groups is 1. The van der Waals surface area contributed by atoms with Gasteiger partial charge in [0, 0.05) is 0 Å². The van der Waals surface area contributed by atoms with E-state index < -0.39 is 17.6 Å². The standard InChI is InChI=1S/C19H14F3NO2S2/c1-2-25-15-8-6-12(7-9-15)10-16-17(24)23(18(26)27-16)14-5-3-4-13(11-14)19(20,21)22/h3-11H,2H2,1H3/b16-10+. The molecule has 1 aliphatic heterocycles. The lowest BCUT2D eigenvalue weighted by molar-refractivity contribution is -0.137. The lowest BCUT2D eigenvalue weighted by Crippen LogP contribution is -2.27. The van der Waals surface area contributed by atoms with E-state index in [2.05, 4.69) is 0 Å². The van der Waals surface area contributed by atoms with E-state index in [1.54, 1.807) is 30.3 Å². The van der Waals surface area contributed by atoms with Crippen molar-refractivity contribution in [3.8, 4) is 5.75 Å². The van der Waals surface area contributed by atoms with Crippen LogP contribution in [0.5, 0.6) is 5.75 Å². The van der Waals surface area contributed by atoms with Crippen molar-refractivity contribution in [2.45, 2.75) is 13.1 Å². The van der Waals surface area contributed by atoms with Crippen LogP contribution in [-0.4, -0.2) is 16.8 Å². The number of alkyl halides is 3. The van der Waals surface area contributed by atoms with Gasteiger partial charge in [0.2, 0.25) is 0 Å². The summed E-state index contributed by atoms with van der Waals surface area (Å²) in [6.07, 6.45) is -2.84. The molecular weight excluding hydrogens is 395 g/mol. The average molecular weight is 409 g/mol. The Hall–Kier alpha value is -2.32. The second-order valence-corrected chi connectivity index (χ2v) is 7.24. The third kappa shape index (κ3) is 4.33. The summed E-state index contributed by atoms with van der Waals surface area (Å²) in [6, 6.07) is 11.7. The number of halogens is 3. The summed E-state index contributed by atoms with van der Waals surface area (Å²) < 4.78 is 44.4. The van der Waals surface area contributed by atoms with Crippen molar-refractivity contribution in [1.82, 2.24) is 0 Å². The largest absolute Gasteiger partial charge is 0.494 e. The Labute approximate surface area is 163 Å². The van der Waals surface area contributed by atoms with Crippen LogP contribution in [0.2, 0.25) is 0 Å². The molecule has 1 aliphatic rings. The molecule has 1 saturated heterocycles. The molecule has 0 bridgehead atoms. The van der Waals surface area contributed by atoms with E-state index in [0.717, 1.165) is 34.4 Å². The first-order chi connectivity index (χ1) is 12.8. The van der Waals surface area contributed by atoms with Crippen molar-refractivity contribution >= 4 is 46.0 Å². The van der Waals surface area contributed by atoms with Crippen LogP contribution in [0.4, 0.5) is 18.9 Å². The van der Waals surface area contributed by atoms with Gasteiger partial charge in [-0.2, -0.15) is 13.2 Å². The predicted molar refractivity (Wildman–Crippen MR) is 105 cm³/mol. The quantitative estimate of drug-likeness (QED) is 0.492. The number of rotatable bonds is 4. The van der Waals surface area contributed by atoms with Gasteiger partial charge in [0.1, 0.15) is 5.75 Å². The number of anilines is 1. The highest BCUT2D eigenvalue weighted by Gasteiger charge is 2.36. The van der Waals surface area contributed by atoms with Crippen molar-refractivity contribution in [2.75, 3.05) is 11.5 Å². The lowest BCUT2D eigenvalue weighted by Gasteiger charge is -2.16. The molecule has 1 fully saturated rings. The summed E-state index contributed by atoms with van der Waals surface area (Å²) in [6.45, 7) is 2.43. The molecule has 1 amide bonds. The summed E-state index contributed by atoms with van der Waals surface area (Å²) in [5.74, 6) is 0.268. The number of thiocarbonyl (C=S) groups is 1. The van der Waals surface area contributed by atoms with Crippen molar-refractivity contribution in [2.24, 2.45) is 0 Å². The van der Waals surface area contributed by atoms with Gasteiger partial charge >= 0.3 is 6.18 Å². The minimum absolute atomic E-state index is 0.0995. The normalized spacial score (nSPS) is 16.3. The first-order valence-electron chi connectivity index (χ1n) is 7.97. The number of amides is 1. The summed E-state index contributed by atoms with van der Waals surface area (Å²) >= 11 is 6.27. The molecule has 2 aromatic carbocycles. The second-order valence-electron chi connectivity index (χ2n) is 5.57. The van der Waals surface area contributed by atoms with Crippen LogP contribution in [0.1, 0.15) is 18.1 Å². The Balaban J connectivity index is 1.87. The lowest BCUT2D eigenvalue weighted by atomic mass is 10.1. The molecule has 0 radical (unpaired) electrons. The monoisotopic (exact) mass is 409 g/mol. The molecule has 2 aromatic rings. The molecule has 0 aliphatic carbocycles. The van der Waals surface area contributed by atoms with E-state index in [0.29, 0.717) is 17.3 Å². The fourth-order valence-electron chi connectivity index (χ4n) is 2.49. The van der Waals surface area contributed by atoms with Gasteiger partial charge in [0.15, 0.2) is 4.32 Å². The van der Waals surface area contributed by atoms with Crippen LogP contribution in [0.3, 0.4) is 0 Å². The van der Waals surface area contributed by atoms with Gasteiger partial charge in [0.05, 0.1) is 22.8 Å². The van der Waals surface area contributed by atoms with Gasteiger partial charge in [-0.1, -0.05) is 42.2 Å². The molecule has 3 rings (SSSR count). The molecule has 0 saturated carbocycles. The van der Waals surface area contributed by atoms with Gasteiger partial charge < -0.3 is 4.74 Å². The average Bonchev–Trinajstić information content (AvgIpc) is 2.90. The molecule has 0 N–H and O–H groups in total. The summed E-state index contributed by atoms with van der Waals surface area (Å²) in [5, 5.41) is 0. The zero-order valence-corrected chi connectivity index (χ0v) is 15.8. The molecule has 0 atom stereocenters. The third-order valence-electron chi connectivity index (χ3n) is 3.71. The van der Waals surface area contributed by atoms with Gasteiger partial charge in [-0.3, -0.25) is 9.69 Å². The Morgan fingerprint density at radius 3 is 2.52 bits per heavy atom. The van der Waals surface area contributed by atoms with Gasteiger partial charge in [-0.05, 0) is 48.9 Å². The fraction of sp³-hybridized carbons (Fsp3) is 0.158. The van der Waals surface area contributed by atoms with Crippen LogP contribution in [0.25, 0.3) is 6.08 Å². The smallest absolute Gasteiger partial charge is 0.416 e. The van der Waals surface area contributed by atoms with Crippen LogP contribution < -0.4 is 9.64 Å². The second kappa shape index (κ2) is 7.74. The number of hydrogen-bond donors (Lipinski definition) is 0. The number of carbonyl (C=O) groups excluding carboxylic acids is 1. The van der Waals surface area contributed by atoms with E-state index >= 15 is 0 Å². The van der Waals surface area contributed by atoms with Crippen LogP contribution in [-0.2, 0) is 11.0 Å². The molecule has 8 heteroatoms. The van der Waals surface area contributed by atoms with Gasteiger partial charge in [-0.15, -0.1) is 0 Å². The molecule has 3 nitrogen and oxygen atoms in total. The number of hydrogen-bond acceptors (Lipinski definition) is 4. The Morgan fingerprint density at radius 1 is 1.19 bits per heavy atom. The Bertz CT molecular complexity index is 908. The van der Waals surface area contributed by atoms with Gasteiger partial charge in [0.25, 0.3) is 5.91 Å². The molecular formula is C19H14F3NO2S2.